The Morgan fingerprint density at radius 3 is 2.29 bits per heavy atom. The molecule has 0 unspecified atom stereocenters. The maximum atomic E-state index is 12.9. The summed E-state index contributed by atoms with van der Waals surface area (Å²) in [5.74, 6) is 0.437. The molecule has 0 fully saturated rings. The summed E-state index contributed by atoms with van der Waals surface area (Å²) in [7, 11) is 0. The minimum absolute atomic E-state index is 0.0652. The Morgan fingerprint density at radius 1 is 0.857 bits per heavy atom. The van der Waals surface area contributed by atoms with E-state index in [1.165, 1.54) is 12.1 Å². The van der Waals surface area contributed by atoms with Crippen LogP contribution in [0.3, 0.4) is 0 Å². The molecule has 0 aliphatic rings. The van der Waals surface area contributed by atoms with E-state index in [1.54, 1.807) is 12.1 Å². The largest absolute Gasteiger partial charge is 0.489 e. The lowest BCUT2D eigenvalue weighted by Crippen LogP contribution is -2.21. The molecule has 4 nitrogen and oxygen atoms in total. The van der Waals surface area contributed by atoms with Crippen molar-refractivity contribution in [1.29, 1.82) is 0 Å². The van der Waals surface area contributed by atoms with Crippen LogP contribution < -0.4 is 15.4 Å². The van der Waals surface area contributed by atoms with Gasteiger partial charge in [0.1, 0.15) is 18.2 Å². The number of carbonyl (C=O) groups excluding carboxylic acids is 1. The number of ether oxygens (including phenoxy) is 1. The van der Waals surface area contributed by atoms with E-state index in [2.05, 4.69) is 10.6 Å². The van der Waals surface area contributed by atoms with E-state index in [0.29, 0.717) is 26.1 Å². The number of hydrogen-bond donors (Lipinski definition) is 2. The number of amides is 1. The molecule has 28 heavy (non-hydrogen) atoms. The highest BCUT2D eigenvalue weighted by Crippen LogP contribution is 2.17. The Hall–Kier alpha value is -3.18. The van der Waals surface area contributed by atoms with Gasteiger partial charge in [-0.05, 0) is 47.5 Å². The fourth-order valence-electron chi connectivity index (χ4n) is 2.64. The predicted octanol–water partition coefficient (Wildman–Crippen LogP) is 4.52. The van der Waals surface area contributed by atoms with E-state index in [9.17, 15) is 9.18 Å². The average Bonchev–Trinajstić information content (AvgIpc) is 2.73. The van der Waals surface area contributed by atoms with Gasteiger partial charge in [0.2, 0.25) is 5.91 Å². The van der Waals surface area contributed by atoms with Gasteiger partial charge in [-0.1, -0.05) is 42.5 Å². The molecule has 0 radical (unpaired) electrons. The summed E-state index contributed by atoms with van der Waals surface area (Å²) in [5.41, 5.74) is 2.82. The molecule has 3 aromatic carbocycles. The molecule has 144 valence electrons. The van der Waals surface area contributed by atoms with Crippen LogP contribution in [-0.2, 0) is 17.9 Å². The summed E-state index contributed by atoms with van der Waals surface area (Å²) in [6, 6.07) is 23.6. The van der Waals surface area contributed by atoms with Gasteiger partial charge in [-0.2, -0.15) is 0 Å². The van der Waals surface area contributed by atoms with Crippen molar-refractivity contribution in [2.45, 2.75) is 19.6 Å². The Labute approximate surface area is 164 Å². The molecule has 3 rings (SSSR count). The number of halogens is 1. The zero-order valence-electron chi connectivity index (χ0n) is 15.5. The van der Waals surface area contributed by atoms with E-state index in [1.807, 2.05) is 54.6 Å². The third-order valence-corrected chi connectivity index (χ3v) is 4.16. The molecule has 0 atom stereocenters. The lowest BCUT2D eigenvalue weighted by Gasteiger charge is -2.09. The first-order valence-corrected chi connectivity index (χ1v) is 9.21. The molecular formula is C23H23FN2O2. The first-order chi connectivity index (χ1) is 13.7. The minimum atomic E-state index is -0.250. The Kier molecular flexibility index (Phi) is 7.15. The van der Waals surface area contributed by atoms with Crippen molar-refractivity contribution in [1.82, 2.24) is 5.32 Å². The second-order valence-electron chi connectivity index (χ2n) is 6.40. The van der Waals surface area contributed by atoms with Crippen molar-refractivity contribution in [3.05, 3.63) is 95.8 Å². The van der Waals surface area contributed by atoms with Crippen LogP contribution in [0.4, 0.5) is 10.1 Å². The highest BCUT2D eigenvalue weighted by molar-refractivity contribution is 5.90. The topological polar surface area (TPSA) is 50.4 Å². The quantitative estimate of drug-likeness (QED) is 0.538. The molecule has 0 heterocycles. The predicted molar refractivity (Wildman–Crippen MR) is 109 cm³/mol. The van der Waals surface area contributed by atoms with Gasteiger partial charge in [-0.25, -0.2) is 4.39 Å². The number of nitrogens with one attached hydrogen (secondary N) is 2. The van der Waals surface area contributed by atoms with Gasteiger partial charge in [-0.15, -0.1) is 0 Å². The van der Waals surface area contributed by atoms with Crippen molar-refractivity contribution < 1.29 is 13.9 Å². The van der Waals surface area contributed by atoms with Crippen LogP contribution >= 0.6 is 0 Å². The van der Waals surface area contributed by atoms with Gasteiger partial charge in [0.25, 0.3) is 0 Å². The standard InChI is InChI=1S/C23H23FN2O2/c24-20-8-6-18(7-9-20)16-25-15-14-23(27)26-21-10-12-22(13-11-21)28-17-19-4-2-1-3-5-19/h1-13,25H,14-17H2,(H,26,27). The third-order valence-electron chi connectivity index (χ3n) is 4.16. The Balaban J connectivity index is 1.36. The third kappa shape index (κ3) is 6.52. The van der Waals surface area contributed by atoms with E-state index >= 15 is 0 Å². The second-order valence-corrected chi connectivity index (χ2v) is 6.40. The monoisotopic (exact) mass is 378 g/mol. The fourth-order valence-corrected chi connectivity index (χ4v) is 2.64. The molecule has 0 bridgehead atoms. The number of rotatable bonds is 9. The lowest BCUT2D eigenvalue weighted by atomic mass is 10.2. The summed E-state index contributed by atoms with van der Waals surface area (Å²) in [6.45, 7) is 1.65. The average molecular weight is 378 g/mol. The number of benzene rings is 3. The summed E-state index contributed by atoms with van der Waals surface area (Å²) >= 11 is 0. The van der Waals surface area contributed by atoms with Crippen molar-refractivity contribution in [2.75, 3.05) is 11.9 Å². The summed E-state index contributed by atoms with van der Waals surface area (Å²) in [4.78, 5) is 12.0. The van der Waals surface area contributed by atoms with Gasteiger partial charge < -0.3 is 15.4 Å². The van der Waals surface area contributed by atoms with E-state index in [0.717, 1.165) is 22.6 Å². The van der Waals surface area contributed by atoms with E-state index in [-0.39, 0.29) is 11.7 Å². The molecule has 1 amide bonds. The number of hydrogen-bond acceptors (Lipinski definition) is 3. The normalized spacial score (nSPS) is 10.5. The smallest absolute Gasteiger partial charge is 0.225 e. The SMILES string of the molecule is O=C(CCNCc1ccc(F)cc1)Nc1ccc(OCc2ccccc2)cc1. The molecule has 0 aliphatic carbocycles. The fraction of sp³-hybridized carbons (Fsp3) is 0.174. The van der Waals surface area contributed by atoms with Gasteiger partial charge in [0.15, 0.2) is 0 Å². The van der Waals surface area contributed by atoms with Crippen LogP contribution in [0, 0.1) is 5.82 Å². The minimum Gasteiger partial charge on any atom is -0.489 e. The van der Waals surface area contributed by atoms with E-state index < -0.39 is 0 Å². The Bertz CT molecular complexity index is 865. The van der Waals surface area contributed by atoms with E-state index in [4.69, 9.17) is 4.74 Å². The van der Waals surface area contributed by atoms with Crippen LogP contribution in [-0.4, -0.2) is 12.5 Å². The molecule has 0 saturated carbocycles. The zero-order valence-corrected chi connectivity index (χ0v) is 15.5. The summed E-state index contributed by atoms with van der Waals surface area (Å²) < 4.78 is 18.6. The van der Waals surface area contributed by atoms with Crippen LogP contribution in [0.5, 0.6) is 5.75 Å². The Morgan fingerprint density at radius 2 is 1.57 bits per heavy atom. The van der Waals surface area contributed by atoms with Crippen LogP contribution in [0.15, 0.2) is 78.9 Å². The number of anilines is 1. The van der Waals surface area contributed by atoms with Crippen molar-refractivity contribution in [3.63, 3.8) is 0 Å². The molecule has 0 spiro atoms. The van der Waals surface area contributed by atoms with Gasteiger partial charge in [-0.3, -0.25) is 4.79 Å². The second kappa shape index (κ2) is 10.2. The van der Waals surface area contributed by atoms with Crippen LogP contribution in [0.25, 0.3) is 0 Å². The van der Waals surface area contributed by atoms with Crippen molar-refractivity contribution in [2.24, 2.45) is 0 Å². The summed E-state index contributed by atoms with van der Waals surface area (Å²) in [5, 5.41) is 6.04. The molecular weight excluding hydrogens is 355 g/mol. The van der Waals surface area contributed by atoms with Crippen LogP contribution in [0.2, 0.25) is 0 Å². The highest BCUT2D eigenvalue weighted by Gasteiger charge is 2.03. The maximum Gasteiger partial charge on any atom is 0.225 e. The van der Waals surface area contributed by atoms with Gasteiger partial charge in [0, 0.05) is 25.2 Å². The first kappa shape index (κ1) is 19.6. The van der Waals surface area contributed by atoms with Gasteiger partial charge in [0.05, 0.1) is 0 Å². The molecule has 0 aromatic heterocycles. The van der Waals surface area contributed by atoms with Crippen LogP contribution in [0.1, 0.15) is 17.5 Å². The molecule has 0 aliphatic heterocycles. The molecule has 2 N–H and O–H groups in total. The maximum absolute atomic E-state index is 12.9. The number of carbonyl (C=O) groups is 1. The molecule has 0 saturated heterocycles. The zero-order chi connectivity index (χ0) is 19.6. The lowest BCUT2D eigenvalue weighted by molar-refractivity contribution is -0.116. The summed E-state index contributed by atoms with van der Waals surface area (Å²) in [6.07, 6.45) is 0.355. The first-order valence-electron chi connectivity index (χ1n) is 9.21. The van der Waals surface area contributed by atoms with Crippen molar-refractivity contribution >= 4 is 11.6 Å². The molecule has 5 heteroatoms. The van der Waals surface area contributed by atoms with Crippen molar-refractivity contribution in [3.8, 4) is 5.75 Å². The van der Waals surface area contributed by atoms with Gasteiger partial charge >= 0.3 is 0 Å². The highest BCUT2D eigenvalue weighted by atomic mass is 19.1. The molecule has 3 aromatic rings.